The summed E-state index contributed by atoms with van der Waals surface area (Å²) in [5, 5.41) is 8.62. The van der Waals surface area contributed by atoms with Crippen LogP contribution in [0.15, 0.2) is 42.5 Å². The van der Waals surface area contributed by atoms with Crippen molar-refractivity contribution in [3.63, 3.8) is 0 Å². The summed E-state index contributed by atoms with van der Waals surface area (Å²) in [7, 11) is 3.28. The third kappa shape index (κ3) is 3.44. The van der Waals surface area contributed by atoms with Gasteiger partial charge in [0.25, 0.3) is 0 Å². The van der Waals surface area contributed by atoms with Crippen molar-refractivity contribution in [2.75, 3.05) is 19.1 Å². The Morgan fingerprint density at radius 3 is 2.45 bits per heavy atom. The Balaban J connectivity index is 2.32. The third-order valence-corrected chi connectivity index (χ3v) is 3.53. The monoisotopic (exact) mass is 294 g/mol. The van der Waals surface area contributed by atoms with Crippen LogP contribution in [0.1, 0.15) is 12.0 Å². The van der Waals surface area contributed by atoms with E-state index in [1.807, 2.05) is 42.5 Å². The van der Waals surface area contributed by atoms with Crippen LogP contribution in [0.2, 0.25) is 0 Å². The maximum Gasteiger partial charge on any atom is 0.213 e. The molecule has 0 fully saturated rings. The molecule has 0 aliphatic rings. The lowest BCUT2D eigenvalue weighted by molar-refractivity contribution is -0.107. The van der Waals surface area contributed by atoms with E-state index >= 15 is 0 Å². The first kappa shape index (κ1) is 15.6. The predicted molar refractivity (Wildman–Crippen MR) is 86.8 cm³/mol. The van der Waals surface area contributed by atoms with Gasteiger partial charge in [0, 0.05) is 13.5 Å². The summed E-state index contributed by atoms with van der Waals surface area (Å²) >= 11 is 0. The SMILES string of the molecule is COc1ccc(-c2ccc(CCC#N)cc2)cc1N(C)C=O. The summed E-state index contributed by atoms with van der Waals surface area (Å²) < 4.78 is 5.29. The highest BCUT2D eigenvalue weighted by atomic mass is 16.5. The van der Waals surface area contributed by atoms with Gasteiger partial charge in [-0.3, -0.25) is 4.79 Å². The van der Waals surface area contributed by atoms with Crippen molar-refractivity contribution in [1.29, 1.82) is 5.26 Å². The Labute approximate surface area is 130 Å². The molecule has 0 heterocycles. The fourth-order valence-corrected chi connectivity index (χ4v) is 2.27. The summed E-state index contributed by atoms with van der Waals surface area (Å²) in [6.07, 6.45) is 2.04. The molecule has 2 rings (SSSR count). The van der Waals surface area contributed by atoms with Gasteiger partial charge in [-0.1, -0.05) is 30.3 Å². The molecule has 0 radical (unpaired) electrons. The molecule has 0 atom stereocenters. The lowest BCUT2D eigenvalue weighted by atomic mass is 10.0. The predicted octanol–water partition coefficient (Wildman–Crippen LogP) is 3.41. The molecule has 0 unspecified atom stereocenters. The van der Waals surface area contributed by atoms with Crippen molar-refractivity contribution >= 4 is 12.1 Å². The van der Waals surface area contributed by atoms with E-state index in [1.54, 1.807) is 14.2 Å². The Kier molecular flexibility index (Phi) is 5.16. The van der Waals surface area contributed by atoms with Gasteiger partial charge in [0.05, 0.1) is 18.9 Å². The summed E-state index contributed by atoms with van der Waals surface area (Å²) in [5.41, 5.74) is 3.94. The quantitative estimate of drug-likeness (QED) is 0.767. The lowest BCUT2D eigenvalue weighted by Gasteiger charge is -2.16. The third-order valence-electron chi connectivity index (χ3n) is 3.53. The molecule has 0 aliphatic carbocycles. The zero-order valence-electron chi connectivity index (χ0n) is 12.7. The smallest absolute Gasteiger partial charge is 0.213 e. The zero-order chi connectivity index (χ0) is 15.9. The van der Waals surface area contributed by atoms with Crippen molar-refractivity contribution in [3.05, 3.63) is 48.0 Å². The summed E-state index contributed by atoms with van der Waals surface area (Å²) in [6.45, 7) is 0. The Morgan fingerprint density at radius 2 is 1.86 bits per heavy atom. The van der Waals surface area contributed by atoms with Crippen molar-refractivity contribution in [2.45, 2.75) is 12.8 Å². The molecular formula is C18H18N2O2. The fraction of sp³-hybridized carbons (Fsp3) is 0.222. The first-order chi connectivity index (χ1) is 10.7. The number of aryl methyl sites for hydroxylation is 1. The number of carbonyl (C=O) groups excluding carboxylic acids is 1. The second-order valence-electron chi connectivity index (χ2n) is 4.96. The number of ether oxygens (including phenoxy) is 1. The van der Waals surface area contributed by atoms with Gasteiger partial charge >= 0.3 is 0 Å². The van der Waals surface area contributed by atoms with E-state index in [2.05, 4.69) is 6.07 Å². The van der Waals surface area contributed by atoms with Crippen LogP contribution in [0.5, 0.6) is 5.75 Å². The fourth-order valence-electron chi connectivity index (χ4n) is 2.27. The van der Waals surface area contributed by atoms with Crippen LogP contribution in [0.4, 0.5) is 5.69 Å². The van der Waals surface area contributed by atoms with Crippen LogP contribution in [0.25, 0.3) is 11.1 Å². The van der Waals surface area contributed by atoms with E-state index in [0.717, 1.165) is 35.2 Å². The van der Waals surface area contributed by atoms with Crippen molar-refractivity contribution < 1.29 is 9.53 Å². The number of nitriles is 1. The molecule has 0 N–H and O–H groups in total. The Hall–Kier alpha value is -2.80. The van der Waals surface area contributed by atoms with Crippen LogP contribution >= 0.6 is 0 Å². The molecule has 0 aromatic heterocycles. The molecule has 0 aliphatic heterocycles. The lowest BCUT2D eigenvalue weighted by Crippen LogP contribution is -2.14. The minimum absolute atomic E-state index is 0.524. The maximum absolute atomic E-state index is 11.0. The molecule has 0 saturated heterocycles. The van der Waals surface area contributed by atoms with Gasteiger partial charge in [-0.25, -0.2) is 0 Å². The number of benzene rings is 2. The van der Waals surface area contributed by atoms with Gasteiger partial charge in [-0.2, -0.15) is 5.26 Å². The van der Waals surface area contributed by atoms with Gasteiger partial charge < -0.3 is 9.64 Å². The zero-order valence-corrected chi connectivity index (χ0v) is 12.7. The average molecular weight is 294 g/mol. The second kappa shape index (κ2) is 7.28. The molecule has 4 heteroatoms. The number of nitrogens with zero attached hydrogens (tertiary/aromatic N) is 2. The number of amides is 1. The molecule has 1 amide bonds. The van der Waals surface area contributed by atoms with Gasteiger partial charge in [0.1, 0.15) is 5.75 Å². The summed E-state index contributed by atoms with van der Waals surface area (Å²) in [4.78, 5) is 12.5. The van der Waals surface area contributed by atoms with Crippen molar-refractivity contribution in [2.24, 2.45) is 0 Å². The van der Waals surface area contributed by atoms with Crippen molar-refractivity contribution in [3.8, 4) is 22.9 Å². The van der Waals surface area contributed by atoms with Crippen LogP contribution in [-0.2, 0) is 11.2 Å². The largest absolute Gasteiger partial charge is 0.495 e. The van der Waals surface area contributed by atoms with Crippen molar-refractivity contribution in [1.82, 2.24) is 0 Å². The first-order valence-electron chi connectivity index (χ1n) is 7.02. The number of rotatable bonds is 6. The molecule has 0 saturated carbocycles. The molecule has 0 spiro atoms. The van der Waals surface area contributed by atoms with Crippen LogP contribution in [-0.4, -0.2) is 20.6 Å². The van der Waals surface area contributed by atoms with Gasteiger partial charge in [-0.15, -0.1) is 0 Å². The summed E-state index contributed by atoms with van der Waals surface area (Å²) in [6, 6.07) is 16.0. The standard InChI is InChI=1S/C18H18N2O2/c1-20(13-21)17-12-16(9-10-18(17)22-2)15-7-5-14(6-8-15)4-3-11-19/h5-10,12-13H,3-4H2,1-2H3. The molecule has 2 aromatic rings. The van der Waals surface area contributed by atoms with E-state index in [4.69, 9.17) is 10.00 Å². The number of hydrogen-bond acceptors (Lipinski definition) is 3. The minimum atomic E-state index is 0.524. The number of anilines is 1. The number of methoxy groups -OCH3 is 1. The number of carbonyl (C=O) groups is 1. The highest BCUT2D eigenvalue weighted by Crippen LogP contribution is 2.32. The van der Waals surface area contributed by atoms with E-state index in [9.17, 15) is 4.79 Å². The Bertz CT molecular complexity index is 687. The normalized spacial score (nSPS) is 9.86. The summed E-state index contributed by atoms with van der Waals surface area (Å²) in [5.74, 6) is 0.656. The molecule has 112 valence electrons. The number of hydrogen-bond donors (Lipinski definition) is 0. The first-order valence-corrected chi connectivity index (χ1v) is 7.02. The molecular weight excluding hydrogens is 276 g/mol. The molecule has 2 aromatic carbocycles. The highest BCUT2D eigenvalue weighted by Gasteiger charge is 2.09. The molecule has 0 bridgehead atoms. The van der Waals surface area contributed by atoms with Crippen LogP contribution < -0.4 is 9.64 Å². The van der Waals surface area contributed by atoms with Gasteiger partial charge in [0.2, 0.25) is 6.41 Å². The Morgan fingerprint density at radius 1 is 1.18 bits per heavy atom. The topological polar surface area (TPSA) is 53.3 Å². The van der Waals surface area contributed by atoms with Gasteiger partial charge in [-0.05, 0) is 35.2 Å². The minimum Gasteiger partial charge on any atom is -0.495 e. The molecule has 22 heavy (non-hydrogen) atoms. The highest BCUT2D eigenvalue weighted by molar-refractivity contribution is 5.82. The van der Waals surface area contributed by atoms with Crippen LogP contribution in [0, 0.1) is 11.3 Å². The average Bonchev–Trinajstić information content (AvgIpc) is 2.59. The van der Waals surface area contributed by atoms with E-state index in [-0.39, 0.29) is 0 Å². The van der Waals surface area contributed by atoms with E-state index in [1.165, 1.54) is 4.90 Å². The van der Waals surface area contributed by atoms with Crippen LogP contribution in [0.3, 0.4) is 0 Å². The van der Waals surface area contributed by atoms with E-state index in [0.29, 0.717) is 12.2 Å². The maximum atomic E-state index is 11.0. The molecule has 4 nitrogen and oxygen atoms in total. The van der Waals surface area contributed by atoms with E-state index < -0.39 is 0 Å². The second-order valence-corrected chi connectivity index (χ2v) is 4.96. The van der Waals surface area contributed by atoms with Gasteiger partial charge in [0.15, 0.2) is 0 Å².